The maximum atomic E-state index is 11.6. The molecule has 1 heterocycles. The molecular formula is C18H11ClN8O6. The van der Waals surface area contributed by atoms with Gasteiger partial charge in [-0.15, -0.1) is 15.0 Å². The lowest BCUT2D eigenvalue weighted by atomic mass is 10.2. The minimum Gasteiger partial charge on any atom is -0.301 e. The van der Waals surface area contributed by atoms with E-state index in [0.717, 1.165) is 23.0 Å². The summed E-state index contributed by atoms with van der Waals surface area (Å²) in [5.41, 5.74) is 4.61. The van der Waals surface area contributed by atoms with Crippen LogP contribution in [0.5, 0.6) is 0 Å². The molecule has 0 bridgehead atoms. The zero-order chi connectivity index (χ0) is 23.7. The summed E-state index contributed by atoms with van der Waals surface area (Å²) in [5.74, 6) is 0. The largest absolute Gasteiger partial charge is 0.305 e. The van der Waals surface area contributed by atoms with Gasteiger partial charge in [-0.3, -0.25) is 35.8 Å². The first-order chi connectivity index (χ1) is 15.7. The fourth-order valence-corrected chi connectivity index (χ4v) is 3.05. The monoisotopic (exact) mass is 470 g/mol. The highest BCUT2D eigenvalue weighted by atomic mass is 35.5. The van der Waals surface area contributed by atoms with Gasteiger partial charge in [-0.25, -0.2) is 0 Å². The van der Waals surface area contributed by atoms with Gasteiger partial charge in [0.05, 0.1) is 32.2 Å². The van der Waals surface area contributed by atoms with Gasteiger partial charge < -0.3 is 5.43 Å². The Morgan fingerprint density at radius 3 is 2.12 bits per heavy atom. The van der Waals surface area contributed by atoms with Crippen LogP contribution in [0.1, 0.15) is 0 Å². The highest BCUT2D eigenvalue weighted by Crippen LogP contribution is 2.31. The number of rotatable bonds is 7. The molecule has 0 radical (unpaired) electrons. The summed E-state index contributed by atoms with van der Waals surface area (Å²) in [5, 5.41) is 42.6. The minimum absolute atomic E-state index is 0.106. The van der Waals surface area contributed by atoms with Crippen LogP contribution in [0.3, 0.4) is 0 Å². The molecule has 0 saturated heterocycles. The third kappa shape index (κ3) is 4.31. The van der Waals surface area contributed by atoms with E-state index in [1.165, 1.54) is 12.1 Å². The van der Waals surface area contributed by atoms with E-state index in [4.69, 9.17) is 11.6 Å². The van der Waals surface area contributed by atoms with Crippen molar-refractivity contribution in [1.82, 2.24) is 15.0 Å². The Bertz CT molecular complexity index is 1420. The second-order valence-corrected chi connectivity index (χ2v) is 6.99. The number of benzene rings is 3. The Balaban J connectivity index is 1.71. The van der Waals surface area contributed by atoms with Crippen molar-refractivity contribution in [1.29, 1.82) is 0 Å². The lowest BCUT2D eigenvalue weighted by Crippen LogP contribution is -2.11. The summed E-state index contributed by atoms with van der Waals surface area (Å²) in [6.45, 7) is 0. The van der Waals surface area contributed by atoms with E-state index in [2.05, 4.69) is 21.0 Å². The smallest absolute Gasteiger partial charge is 0.301 e. The second-order valence-electron chi connectivity index (χ2n) is 6.55. The average molecular weight is 471 g/mol. The van der Waals surface area contributed by atoms with Gasteiger partial charge in [0.1, 0.15) is 11.2 Å². The van der Waals surface area contributed by atoms with Crippen LogP contribution >= 0.6 is 11.6 Å². The lowest BCUT2D eigenvalue weighted by Gasteiger charge is -2.11. The summed E-state index contributed by atoms with van der Waals surface area (Å²) in [7, 11) is 0. The molecule has 1 aromatic heterocycles. The van der Waals surface area contributed by atoms with Gasteiger partial charge in [0.25, 0.3) is 11.4 Å². The highest BCUT2D eigenvalue weighted by molar-refractivity contribution is 6.30. The second kappa shape index (κ2) is 8.35. The lowest BCUT2D eigenvalue weighted by molar-refractivity contribution is -0.393. The third-order valence-corrected chi connectivity index (χ3v) is 4.71. The SMILES string of the molecule is O=[N+]([O-])c1cc([N+](=O)[O-])c2nn(-c3ccc(NNc4ccc(Cl)cc4)c([N+](=O)[O-])c3)nc2c1. The fourth-order valence-electron chi connectivity index (χ4n) is 2.92. The number of hydrazine groups is 1. The number of aromatic nitrogens is 3. The molecule has 2 N–H and O–H groups in total. The van der Waals surface area contributed by atoms with E-state index in [9.17, 15) is 30.3 Å². The van der Waals surface area contributed by atoms with E-state index < -0.39 is 26.1 Å². The van der Waals surface area contributed by atoms with Crippen LogP contribution in [-0.4, -0.2) is 29.8 Å². The number of halogens is 1. The summed E-state index contributed by atoms with van der Waals surface area (Å²) >= 11 is 5.83. The Morgan fingerprint density at radius 2 is 1.48 bits per heavy atom. The van der Waals surface area contributed by atoms with Gasteiger partial charge in [-0.2, -0.15) is 0 Å². The number of fused-ring (bicyclic) bond motifs is 1. The van der Waals surface area contributed by atoms with Crippen LogP contribution in [0, 0.1) is 30.3 Å². The Hall–Kier alpha value is -4.85. The van der Waals surface area contributed by atoms with Crippen molar-refractivity contribution in [3.8, 4) is 5.69 Å². The van der Waals surface area contributed by atoms with Crippen LogP contribution < -0.4 is 10.9 Å². The van der Waals surface area contributed by atoms with Crippen molar-refractivity contribution in [3.05, 3.63) is 90.0 Å². The summed E-state index contributed by atoms with van der Waals surface area (Å²) in [6.07, 6.45) is 0. The van der Waals surface area contributed by atoms with E-state index in [-0.39, 0.29) is 28.1 Å². The summed E-state index contributed by atoms with van der Waals surface area (Å²) in [6, 6.07) is 12.4. The van der Waals surface area contributed by atoms with Crippen molar-refractivity contribution in [3.63, 3.8) is 0 Å². The molecule has 4 aromatic rings. The predicted molar refractivity (Wildman–Crippen MR) is 118 cm³/mol. The Labute approximate surface area is 187 Å². The molecule has 0 amide bonds. The number of nitro benzene ring substituents is 3. The maximum Gasteiger partial charge on any atom is 0.305 e. The first kappa shape index (κ1) is 21.4. The topological polar surface area (TPSA) is 184 Å². The van der Waals surface area contributed by atoms with Crippen molar-refractivity contribution < 1.29 is 14.8 Å². The molecule has 0 aliphatic heterocycles. The van der Waals surface area contributed by atoms with Crippen molar-refractivity contribution >= 4 is 51.1 Å². The van der Waals surface area contributed by atoms with Crippen LogP contribution in [-0.2, 0) is 0 Å². The molecule has 3 aromatic carbocycles. The molecule has 0 spiro atoms. The van der Waals surface area contributed by atoms with E-state index >= 15 is 0 Å². The molecule has 14 nitrogen and oxygen atoms in total. The minimum atomic E-state index is -0.813. The quantitative estimate of drug-likeness (QED) is 0.292. The Kier molecular flexibility index (Phi) is 5.41. The van der Waals surface area contributed by atoms with Crippen LogP contribution in [0.25, 0.3) is 16.7 Å². The first-order valence-electron chi connectivity index (χ1n) is 8.99. The number of hydrogen-bond donors (Lipinski definition) is 2. The van der Waals surface area contributed by atoms with Gasteiger partial charge in [0, 0.05) is 17.2 Å². The average Bonchev–Trinajstić information content (AvgIpc) is 3.22. The van der Waals surface area contributed by atoms with Crippen LogP contribution in [0.15, 0.2) is 54.6 Å². The van der Waals surface area contributed by atoms with Crippen molar-refractivity contribution in [2.45, 2.75) is 0 Å². The van der Waals surface area contributed by atoms with Gasteiger partial charge in [-0.05, 0) is 36.4 Å². The van der Waals surface area contributed by atoms with Crippen LogP contribution in [0.2, 0.25) is 5.02 Å². The van der Waals surface area contributed by atoms with Gasteiger partial charge >= 0.3 is 5.69 Å². The van der Waals surface area contributed by atoms with Crippen LogP contribution in [0.4, 0.5) is 28.4 Å². The molecule has 0 atom stereocenters. The molecule has 15 heteroatoms. The third-order valence-electron chi connectivity index (χ3n) is 4.45. The molecule has 0 saturated carbocycles. The highest BCUT2D eigenvalue weighted by Gasteiger charge is 2.24. The van der Waals surface area contributed by atoms with Gasteiger partial charge in [0.2, 0.25) is 0 Å². The van der Waals surface area contributed by atoms with E-state index in [1.807, 2.05) is 0 Å². The molecule has 33 heavy (non-hydrogen) atoms. The summed E-state index contributed by atoms with van der Waals surface area (Å²) in [4.78, 5) is 32.7. The molecule has 166 valence electrons. The Morgan fingerprint density at radius 1 is 0.788 bits per heavy atom. The van der Waals surface area contributed by atoms with Crippen molar-refractivity contribution in [2.75, 3.05) is 10.9 Å². The number of nitrogens with zero attached hydrogens (tertiary/aromatic N) is 6. The number of hydrogen-bond acceptors (Lipinski definition) is 10. The molecule has 4 rings (SSSR count). The number of anilines is 2. The van der Waals surface area contributed by atoms with Crippen molar-refractivity contribution in [2.24, 2.45) is 0 Å². The molecular weight excluding hydrogens is 460 g/mol. The van der Waals surface area contributed by atoms with Gasteiger partial charge in [-0.1, -0.05) is 11.6 Å². The number of non-ortho nitro benzene ring substituents is 2. The predicted octanol–water partition coefficient (Wildman–Crippen LogP) is 4.24. The zero-order valence-electron chi connectivity index (χ0n) is 16.2. The number of nitrogens with one attached hydrogen (secondary N) is 2. The normalized spacial score (nSPS) is 10.7. The summed E-state index contributed by atoms with van der Waals surface area (Å²) < 4.78 is 0. The standard InChI is InChI=1S/C18H11ClN8O6/c19-10-1-3-11(4-2-10)20-21-14-6-5-12(8-16(14)26(30)31)24-22-15-7-13(25(28)29)9-17(27(32)33)18(15)23-24/h1-9,20-21H. The molecule has 0 unspecified atom stereocenters. The molecule has 0 aliphatic carbocycles. The zero-order valence-corrected chi connectivity index (χ0v) is 17.0. The van der Waals surface area contributed by atoms with E-state index in [0.29, 0.717) is 10.7 Å². The molecule has 0 fully saturated rings. The van der Waals surface area contributed by atoms with E-state index in [1.54, 1.807) is 24.3 Å². The maximum absolute atomic E-state index is 11.6. The number of nitro groups is 3. The fraction of sp³-hybridized carbons (Fsp3) is 0. The first-order valence-corrected chi connectivity index (χ1v) is 9.37. The molecule has 0 aliphatic rings. The van der Waals surface area contributed by atoms with Gasteiger partial charge in [0.15, 0.2) is 5.52 Å².